The zero-order valence-corrected chi connectivity index (χ0v) is 10.9. The second-order valence-electron chi connectivity index (χ2n) is 4.67. The Morgan fingerprint density at radius 3 is 2.45 bits per heavy atom. The molecule has 0 saturated heterocycles. The number of halogens is 1. The van der Waals surface area contributed by atoms with Crippen LogP contribution in [-0.2, 0) is 6.42 Å². The summed E-state index contributed by atoms with van der Waals surface area (Å²) in [5, 5.41) is 20.6. The number of nitro groups is 1. The number of benzene rings is 2. The highest BCUT2D eigenvalue weighted by Gasteiger charge is 2.14. The van der Waals surface area contributed by atoms with E-state index >= 15 is 0 Å². The van der Waals surface area contributed by atoms with Crippen LogP contribution in [0.3, 0.4) is 0 Å². The average molecular weight is 275 g/mol. The summed E-state index contributed by atoms with van der Waals surface area (Å²) in [5.41, 5.74) is 1.72. The number of nitro benzene ring substituents is 1. The van der Waals surface area contributed by atoms with Crippen molar-refractivity contribution < 1.29 is 14.4 Å². The quantitative estimate of drug-likeness (QED) is 0.687. The number of hydrogen-bond acceptors (Lipinski definition) is 3. The van der Waals surface area contributed by atoms with Crippen LogP contribution in [0.2, 0.25) is 0 Å². The van der Waals surface area contributed by atoms with Gasteiger partial charge in [0, 0.05) is 24.1 Å². The molecule has 0 aliphatic heterocycles. The Bertz CT molecular complexity index is 626. The Hall–Kier alpha value is -2.27. The molecule has 1 unspecified atom stereocenters. The van der Waals surface area contributed by atoms with Gasteiger partial charge in [-0.05, 0) is 24.1 Å². The first-order valence-electron chi connectivity index (χ1n) is 6.15. The third-order valence-corrected chi connectivity index (χ3v) is 3.09. The Morgan fingerprint density at radius 1 is 1.25 bits per heavy atom. The van der Waals surface area contributed by atoms with Crippen LogP contribution in [0, 0.1) is 22.9 Å². The van der Waals surface area contributed by atoms with Gasteiger partial charge in [-0.15, -0.1) is 0 Å². The maximum Gasteiger partial charge on any atom is 0.269 e. The molecule has 0 aliphatic rings. The van der Waals surface area contributed by atoms with Crippen molar-refractivity contribution in [1.29, 1.82) is 0 Å². The highest BCUT2D eigenvalue weighted by Crippen LogP contribution is 2.23. The molecule has 0 aromatic heterocycles. The molecule has 0 spiro atoms. The summed E-state index contributed by atoms with van der Waals surface area (Å²) in [5.74, 6) is -0.445. The highest BCUT2D eigenvalue weighted by molar-refractivity contribution is 5.34. The fraction of sp³-hybridized carbons (Fsp3) is 0.200. The van der Waals surface area contributed by atoms with Crippen molar-refractivity contribution in [3.8, 4) is 0 Å². The van der Waals surface area contributed by atoms with Crippen LogP contribution in [0.1, 0.15) is 22.8 Å². The van der Waals surface area contributed by atoms with E-state index in [-0.39, 0.29) is 17.7 Å². The van der Waals surface area contributed by atoms with Crippen LogP contribution in [0.25, 0.3) is 0 Å². The van der Waals surface area contributed by atoms with E-state index in [1.807, 2.05) is 0 Å². The molecule has 0 amide bonds. The number of rotatable bonds is 4. The molecule has 2 aromatic rings. The van der Waals surface area contributed by atoms with E-state index in [1.54, 1.807) is 31.2 Å². The highest BCUT2D eigenvalue weighted by atomic mass is 19.1. The Balaban J connectivity index is 2.14. The van der Waals surface area contributed by atoms with E-state index in [4.69, 9.17) is 0 Å². The van der Waals surface area contributed by atoms with E-state index in [2.05, 4.69) is 0 Å². The van der Waals surface area contributed by atoms with Gasteiger partial charge < -0.3 is 5.11 Å². The second kappa shape index (κ2) is 5.79. The van der Waals surface area contributed by atoms with Crippen LogP contribution < -0.4 is 0 Å². The largest absolute Gasteiger partial charge is 0.388 e. The van der Waals surface area contributed by atoms with Crippen molar-refractivity contribution >= 4 is 5.69 Å². The molecule has 1 N–H and O–H groups in total. The van der Waals surface area contributed by atoms with Gasteiger partial charge in [0.2, 0.25) is 0 Å². The summed E-state index contributed by atoms with van der Waals surface area (Å²) in [7, 11) is 0. The van der Waals surface area contributed by atoms with Crippen LogP contribution in [0.4, 0.5) is 10.1 Å². The predicted molar refractivity (Wildman–Crippen MR) is 72.9 cm³/mol. The van der Waals surface area contributed by atoms with Gasteiger partial charge in [0.15, 0.2) is 0 Å². The molecule has 0 radical (unpaired) electrons. The maximum atomic E-state index is 13.7. The van der Waals surface area contributed by atoms with E-state index < -0.39 is 16.8 Å². The summed E-state index contributed by atoms with van der Waals surface area (Å²) in [6.45, 7) is 1.77. The fourth-order valence-electron chi connectivity index (χ4n) is 1.99. The summed E-state index contributed by atoms with van der Waals surface area (Å²) in [6.07, 6.45) is -0.769. The van der Waals surface area contributed by atoms with Gasteiger partial charge in [-0.25, -0.2) is 4.39 Å². The minimum absolute atomic E-state index is 0.00948. The Labute approximate surface area is 115 Å². The molecule has 0 aliphatic carbocycles. The zero-order valence-electron chi connectivity index (χ0n) is 10.9. The predicted octanol–water partition coefficient (Wildman–Crippen LogP) is 3.32. The summed E-state index contributed by atoms with van der Waals surface area (Å²) in [6, 6.07) is 10.5. The third kappa shape index (κ3) is 3.19. The van der Waals surface area contributed by atoms with Gasteiger partial charge in [-0.3, -0.25) is 10.1 Å². The Morgan fingerprint density at radius 2 is 1.90 bits per heavy atom. The molecule has 4 nitrogen and oxygen atoms in total. The minimum Gasteiger partial charge on any atom is -0.388 e. The first-order valence-corrected chi connectivity index (χ1v) is 6.15. The molecule has 0 bridgehead atoms. The molecule has 104 valence electrons. The Kier molecular flexibility index (Phi) is 4.10. The first-order chi connectivity index (χ1) is 9.47. The van der Waals surface area contributed by atoms with E-state index in [9.17, 15) is 19.6 Å². The molecular formula is C15H14FNO3. The van der Waals surface area contributed by atoms with Crippen molar-refractivity contribution in [1.82, 2.24) is 0 Å². The van der Waals surface area contributed by atoms with Crippen molar-refractivity contribution in [2.45, 2.75) is 19.4 Å². The molecule has 1 atom stereocenters. The molecule has 2 aromatic carbocycles. The third-order valence-electron chi connectivity index (χ3n) is 3.09. The number of aryl methyl sites for hydroxylation is 1. The number of non-ortho nitro benzene ring substituents is 1. The smallest absolute Gasteiger partial charge is 0.269 e. The van der Waals surface area contributed by atoms with E-state index in [0.717, 1.165) is 5.56 Å². The van der Waals surface area contributed by atoms with Crippen LogP contribution in [0.5, 0.6) is 0 Å². The van der Waals surface area contributed by atoms with Crippen molar-refractivity contribution in [3.63, 3.8) is 0 Å². The minimum atomic E-state index is -0.975. The molecule has 5 heteroatoms. The lowest BCUT2D eigenvalue weighted by Gasteiger charge is -2.12. The second-order valence-corrected chi connectivity index (χ2v) is 4.67. The average Bonchev–Trinajstić information content (AvgIpc) is 2.39. The topological polar surface area (TPSA) is 63.4 Å². The standard InChI is InChI=1S/C15H14FNO3/c1-10-2-7-13(14(16)8-10)15(18)9-11-3-5-12(6-4-11)17(19)20/h2-8,15,18H,9H2,1H3. The molecule has 0 fully saturated rings. The van der Waals surface area contributed by atoms with Crippen LogP contribution in [-0.4, -0.2) is 10.0 Å². The summed E-state index contributed by atoms with van der Waals surface area (Å²) >= 11 is 0. The van der Waals surface area contributed by atoms with Crippen molar-refractivity contribution in [3.05, 3.63) is 75.1 Å². The van der Waals surface area contributed by atoms with Crippen molar-refractivity contribution in [2.75, 3.05) is 0 Å². The molecule has 0 heterocycles. The number of aliphatic hydroxyl groups excluding tert-OH is 1. The van der Waals surface area contributed by atoms with Crippen molar-refractivity contribution in [2.24, 2.45) is 0 Å². The zero-order chi connectivity index (χ0) is 14.7. The van der Waals surface area contributed by atoms with Gasteiger partial charge >= 0.3 is 0 Å². The lowest BCUT2D eigenvalue weighted by atomic mass is 10.00. The van der Waals surface area contributed by atoms with E-state index in [0.29, 0.717) is 5.56 Å². The molecule has 20 heavy (non-hydrogen) atoms. The summed E-state index contributed by atoms with van der Waals surface area (Å²) in [4.78, 5) is 10.1. The molecular weight excluding hydrogens is 261 g/mol. The van der Waals surface area contributed by atoms with Gasteiger partial charge in [0.1, 0.15) is 5.82 Å². The molecule has 0 saturated carbocycles. The van der Waals surface area contributed by atoms with Gasteiger partial charge in [-0.1, -0.05) is 24.3 Å². The number of nitrogens with zero attached hydrogens (tertiary/aromatic N) is 1. The monoisotopic (exact) mass is 275 g/mol. The number of hydrogen-bond donors (Lipinski definition) is 1. The van der Waals surface area contributed by atoms with Crippen LogP contribution in [0.15, 0.2) is 42.5 Å². The summed E-state index contributed by atoms with van der Waals surface area (Å²) < 4.78 is 13.7. The maximum absolute atomic E-state index is 13.7. The van der Waals surface area contributed by atoms with Gasteiger partial charge in [0.25, 0.3) is 5.69 Å². The van der Waals surface area contributed by atoms with Crippen LogP contribution >= 0.6 is 0 Å². The van der Waals surface area contributed by atoms with Gasteiger partial charge in [0.05, 0.1) is 11.0 Å². The molecule has 2 rings (SSSR count). The fourth-order valence-corrected chi connectivity index (χ4v) is 1.99. The lowest BCUT2D eigenvalue weighted by molar-refractivity contribution is -0.384. The normalized spacial score (nSPS) is 12.2. The lowest BCUT2D eigenvalue weighted by Crippen LogP contribution is -2.04. The number of aliphatic hydroxyl groups is 1. The SMILES string of the molecule is Cc1ccc(C(O)Cc2ccc([N+](=O)[O-])cc2)c(F)c1. The van der Waals surface area contributed by atoms with Gasteiger partial charge in [-0.2, -0.15) is 0 Å². The van der Waals surface area contributed by atoms with E-state index in [1.165, 1.54) is 18.2 Å². The first kappa shape index (κ1) is 14.1.